The molecule has 0 aliphatic heterocycles. The van der Waals surface area contributed by atoms with E-state index in [0.717, 1.165) is 17.9 Å². The Kier molecular flexibility index (Phi) is 6.31. The Morgan fingerprint density at radius 3 is 2.67 bits per heavy atom. The van der Waals surface area contributed by atoms with E-state index in [-0.39, 0.29) is 5.91 Å². The average Bonchev–Trinajstić information content (AvgIpc) is 2.38. The van der Waals surface area contributed by atoms with Crippen molar-refractivity contribution in [1.29, 1.82) is 5.26 Å². The molecule has 4 heteroatoms. The summed E-state index contributed by atoms with van der Waals surface area (Å²) in [7, 11) is 0. The van der Waals surface area contributed by atoms with Gasteiger partial charge in [-0.1, -0.05) is 19.1 Å². The summed E-state index contributed by atoms with van der Waals surface area (Å²) in [6.07, 6.45) is 2.44. The van der Waals surface area contributed by atoms with Crippen LogP contribution in [0.25, 0.3) is 0 Å². The van der Waals surface area contributed by atoms with E-state index in [1.54, 1.807) is 23.9 Å². The molecule has 1 aromatic carbocycles. The van der Waals surface area contributed by atoms with Crippen LogP contribution >= 0.6 is 11.8 Å². The molecule has 0 bridgehead atoms. The third-order valence-corrected chi connectivity index (χ3v) is 3.45. The van der Waals surface area contributed by atoms with Gasteiger partial charge in [-0.05, 0) is 35.6 Å². The van der Waals surface area contributed by atoms with E-state index in [9.17, 15) is 4.79 Å². The van der Waals surface area contributed by atoms with Gasteiger partial charge in [-0.15, -0.1) is 0 Å². The lowest BCUT2D eigenvalue weighted by Crippen LogP contribution is -2.30. The van der Waals surface area contributed by atoms with Crippen LogP contribution in [0.1, 0.15) is 18.1 Å². The van der Waals surface area contributed by atoms with E-state index in [0.29, 0.717) is 17.9 Å². The third kappa shape index (κ3) is 5.24. The summed E-state index contributed by atoms with van der Waals surface area (Å²) in [6.45, 7) is 2.84. The number of nitriles is 1. The van der Waals surface area contributed by atoms with Crippen molar-refractivity contribution in [2.75, 3.05) is 18.6 Å². The van der Waals surface area contributed by atoms with Gasteiger partial charge < -0.3 is 5.32 Å². The number of thioether (sulfide) groups is 1. The van der Waals surface area contributed by atoms with Crippen LogP contribution in [0.2, 0.25) is 0 Å². The Bertz CT molecular complexity index is 422. The molecular weight excluding hydrogens is 244 g/mol. The van der Waals surface area contributed by atoms with Crippen molar-refractivity contribution in [2.24, 2.45) is 5.92 Å². The van der Waals surface area contributed by atoms with Gasteiger partial charge >= 0.3 is 0 Å². The second-order valence-electron chi connectivity index (χ2n) is 4.35. The SMILES string of the molecule is CSCC(C)CNC(=O)Cc1ccc(C#N)cc1. The highest BCUT2D eigenvalue weighted by molar-refractivity contribution is 7.98. The maximum absolute atomic E-state index is 11.7. The summed E-state index contributed by atoms with van der Waals surface area (Å²) in [5, 5.41) is 11.6. The quantitative estimate of drug-likeness (QED) is 0.855. The molecule has 0 spiro atoms. The number of benzene rings is 1. The molecule has 96 valence electrons. The van der Waals surface area contributed by atoms with Crippen LogP contribution in [0.5, 0.6) is 0 Å². The second kappa shape index (κ2) is 7.78. The zero-order valence-electron chi connectivity index (χ0n) is 10.8. The standard InChI is InChI=1S/C14H18N2OS/c1-11(10-18-2)9-16-14(17)7-12-3-5-13(8-15)6-4-12/h3-6,11H,7,9-10H2,1-2H3,(H,16,17). The van der Waals surface area contributed by atoms with E-state index < -0.39 is 0 Å². The number of carbonyl (C=O) groups excluding carboxylic acids is 1. The lowest BCUT2D eigenvalue weighted by Gasteiger charge is -2.11. The van der Waals surface area contributed by atoms with Gasteiger partial charge in [0, 0.05) is 6.54 Å². The van der Waals surface area contributed by atoms with Gasteiger partial charge in [-0.2, -0.15) is 17.0 Å². The van der Waals surface area contributed by atoms with Crippen LogP contribution in [0.15, 0.2) is 24.3 Å². The fraction of sp³-hybridized carbons (Fsp3) is 0.429. The smallest absolute Gasteiger partial charge is 0.224 e. The van der Waals surface area contributed by atoms with Crippen LogP contribution in [-0.2, 0) is 11.2 Å². The lowest BCUT2D eigenvalue weighted by atomic mass is 10.1. The van der Waals surface area contributed by atoms with Crippen molar-refractivity contribution in [3.63, 3.8) is 0 Å². The molecule has 0 aromatic heterocycles. The highest BCUT2D eigenvalue weighted by Crippen LogP contribution is 2.05. The molecule has 0 aliphatic carbocycles. The first-order valence-corrected chi connectivity index (χ1v) is 7.29. The first kappa shape index (κ1) is 14.6. The van der Waals surface area contributed by atoms with Crippen molar-refractivity contribution in [3.8, 4) is 6.07 Å². The number of hydrogen-bond acceptors (Lipinski definition) is 3. The molecule has 18 heavy (non-hydrogen) atoms. The number of nitrogens with zero attached hydrogens (tertiary/aromatic N) is 1. The summed E-state index contributed by atoms with van der Waals surface area (Å²) >= 11 is 1.79. The van der Waals surface area contributed by atoms with Gasteiger partial charge in [-0.3, -0.25) is 4.79 Å². The number of hydrogen-bond donors (Lipinski definition) is 1. The number of carbonyl (C=O) groups is 1. The highest BCUT2D eigenvalue weighted by atomic mass is 32.2. The second-order valence-corrected chi connectivity index (χ2v) is 5.26. The Balaban J connectivity index is 2.37. The first-order valence-electron chi connectivity index (χ1n) is 5.90. The summed E-state index contributed by atoms with van der Waals surface area (Å²) in [5.74, 6) is 1.58. The minimum Gasteiger partial charge on any atom is -0.356 e. The molecule has 1 atom stereocenters. The molecular formula is C14H18N2OS. The number of amides is 1. The Labute approximate surface area is 113 Å². The largest absolute Gasteiger partial charge is 0.356 e. The van der Waals surface area contributed by atoms with Crippen LogP contribution in [0.4, 0.5) is 0 Å². The normalized spacial score (nSPS) is 11.6. The monoisotopic (exact) mass is 262 g/mol. The van der Waals surface area contributed by atoms with Crippen molar-refractivity contribution in [2.45, 2.75) is 13.3 Å². The van der Waals surface area contributed by atoms with Crippen molar-refractivity contribution in [3.05, 3.63) is 35.4 Å². The fourth-order valence-electron chi connectivity index (χ4n) is 1.58. The van der Waals surface area contributed by atoms with E-state index in [1.165, 1.54) is 0 Å². The first-order chi connectivity index (χ1) is 8.65. The topological polar surface area (TPSA) is 52.9 Å². The van der Waals surface area contributed by atoms with Gasteiger partial charge in [-0.25, -0.2) is 0 Å². The van der Waals surface area contributed by atoms with Crippen LogP contribution in [0.3, 0.4) is 0 Å². The van der Waals surface area contributed by atoms with Crippen molar-refractivity contribution < 1.29 is 4.79 Å². The molecule has 0 saturated heterocycles. The molecule has 0 saturated carbocycles. The molecule has 3 nitrogen and oxygen atoms in total. The lowest BCUT2D eigenvalue weighted by molar-refractivity contribution is -0.120. The summed E-state index contributed by atoms with van der Waals surface area (Å²) in [5.41, 5.74) is 1.55. The number of nitrogens with one attached hydrogen (secondary N) is 1. The number of rotatable bonds is 6. The van der Waals surface area contributed by atoms with E-state index >= 15 is 0 Å². The maximum Gasteiger partial charge on any atom is 0.224 e. The molecule has 0 fully saturated rings. The van der Waals surface area contributed by atoms with E-state index in [2.05, 4.69) is 24.6 Å². The summed E-state index contributed by atoms with van der Waals surface area (Å²) in [6, 6.07) is 9.17. The molecule has 1 unspecified atom stereocenters. The Morgan fingerprint density at radius 2 is 2.11 bits per heavy atom. The molecule has 1 rings (SSSR count). The minimum atomic E-state index is 0.0349. The third-order valence-electron chi connectivity index (χ3n) is 2.55. The van der Waals surface area contributed by atoms with Crippen LogP contribution in [-0.4, -0.2) is 24.5 Å². The predicted molar refractivity (Wildman–Crippen MR) is 75.4 cm³/mol. The molecule has 1 aromatic rings. The summed E-state index contributed by atoms with van der Waals surface area (Å²) in [4.78, 5) is 11.7. The van der Waals surface area contributed by atoms with E-state index in [4.69, 9.17) is 5.26 Å². The van der Waals surface area contributed by atoms with Gasteiger partial charge in [0.15, 0.2) is 0 Å². The highest BCUT2D eigenvalue weighted by Gasteiger charge is 2.06. The minimum absolute atomic E-state index is 0.0349. The van der Waals surface area contributed by atoms with Crippen molar-refractivity contribution in [1.82, 2.24) is 5.32 Å². The summed E-state index contributed by atoms with van der Waals surface area (Å²) < 4.78 is 0. The van der Waals surface area contributed by atoms with Crippen LogP contribution < -0.4 is 5.32 Å². The zero-order valence-corrected chi connectivity index (χ0v) is 11.6. The molecule has 0 heterocycles. The van der Waals surface area contributed by atoms with Crippen molar-refractivity contribution >= 4 is 17.7 Å². The fourth-order valence-corrected chi connectivity index (χ4v) is 2.26. The maximum atomic E-state index is 11.7. The Morgan fingerprint density at radius 1 is 1.44 bits per heavy atom. The van der Waals surface area contributed by atoms with Gasteiger partial charge in [0.25, 0.3) is 0 Å². The molecule has 1 amide bonds. The van der Waals surface area contributed by atoms with Gasteiger partial charge in [0.05, 0.1) is 18.1 Å². The van der Waals surface area contributed by atoms with E-state index in [1.807, 2.05) is 12.1 Å². The molecule has 0 aliphatic rings. The zero-order chi connectivity index (χ0) is 13.4. The van der Waals surface area contributed by atoms with Gasteiger partial charge in [0.1, 0.15) is 0 Å². The Hall–Kier alpha value is -1.47. The molecule has 1 N–H and O–H groups in total. The predicted octanol–water partition coefficient (Wildman–Crippen LogP) is 2.22. The molecule has 0 radical (unpaired) electrons. The average molecular weight is 262 g/mol. The van der Waals surface area contributed by atoms with Crippen LogP contribution in [0, 0.1) is 17.2 Å². The van der Waals surface area contributed by atoms with Gasteiger partial charge in [0.2, 0.25) is 5.91 Å².